The molecule has 1 aromatic carbocycles. The summed E-state index contributed by atoms with van der Waals surface area (Å²) in [5.41, 5.74) is 0.895. The molecule has 0 bridgehead atoms. The molecule has 5 nitrogen and oxygen atoms in total. The summed E-state index contributed by atoms with van der Waals surface area (Å²) in [6.07, 6.45) is 6.98. The minimum atomic E-state index is -0.0587. The van der Waals surface area contributed by atoms with Crippen LogP contribution < -0.4 is 15.0 Å². The molecule has 0 aliphatic carbocycles. The number of benzene rings is 1. The highest BCUT2D eigenvalue weighted by atomic mass is 16.5. The number of rotatable bonds is 4. The maximum atomic E-state index is 13.1. The lowest BCUT2D eigenvalue weighted by molar-refractivity contribution is -0.122. The van der Waals surface area contributed by atoms with E-state index in [0.29, 0.717) is 6.04 Å². The van der Waals surface area contributed by atoms with Gasteiger partial charge >= 0.3 is 0 Å². The van der Waals surface area contributed by atoms with Gasteiger partial charge in [-0.05, 0) is 63.7 Å². The highest BCUT2D eigenvalue weighted by molar-refractivity contribution is 5.99. The summed E-state index contributed by atoms with van der Waals surface area (Å²) in [5.74, 6) is 0.973. The maximum Gasteiger partial charge on any atom is 0.244 e. The monoisotopic (exact) mass is 343 g/mol. The Morgan fingerprint density at radius 1 is 1.08 bits per heavy atom. The number of hydrogen-bond donors (Lipinski definition) is 1. The van der Waals surface area contributed by atoms with Gasteiger partial charge in [0.25, 0.3) is 0 Å². The first-order valence-corrected chi connectivity index (χ1v) is 9.71. The van der Waals surface area contributed by atoms with Crippen LogP contribution in [0, 0.1) is 0 Å². The fourth-order valence-corrected chi connectivity index (χ4v) is 4.78. The summed E-state index contributed by atoms with van der Waals surface area (Å²) in [7, 11) is 1.67. The Morgan fingerprint density at radius 3 is 2.80 bits per heavy atom. The van der Waals surface area contributed by atoms with Gasteiger partial charge in [-0.15, -0.1) is 0 Å². The first-order valence-electron chi connectivity index (χ1n) is 9.71. The fourth-order valence-electron chi connectivity index (χ4n) is 4.78. The number of carbonyl (C=O) groups excluding carboxylic acids is 1. The highest BCUT2D eigenvalue weighted by Gasteiger charge is 2.36. The second-order valence-corrected chi connectivity index (χ2v) is 7.58. The van der Waals surface area contributed by atoms with E-state index < -0.39 is 0 Å². The number of amides is 1. The van der Waals surface area contributed by atoms with Crippen LogP contribution in [-0.2, 0) is 4.79 Å². The Hall–Kier alpha value is -1.59. The zero-order valence-electron chi connectivity index (χ0n) is 15.1. The van der Waals surface area contributed by atoms with E-state index in [1.807, 2.05) is 29.2 Å². The zero-order chi connectivity index (χ0) is 17.2. The molecule has 3 unspecified atom stereocenters. The quantitative estimate of drug-likeness (QED) is 0.912. The van der Waals surface area contributed by atoms with Crippen molar-refractivity contribution in [2.45, 2.75) is 56.7 Å². The molecule has 4 rings (SSSR count). The number of anilines is 1. The van der Waals surface area contributed by atoms with Crippen LogP contribution >= 0.6 is 0 Å². The second kappa shape index (κ2) is 7.34. The molecule has 3 atom stereocenters. The Labute approximate surface area is 150 Å². The van der Waals surface area contributed by atoms with Crippen LogP contribution in [0.5, 0.6) is 5.75 Å². The number of nitrogens with one attached hydrogen (secondary N) is 1. The molecule has 3 fully saturated rings. The predicted molar refractivity (Wildman–Crippen MR) is 99.1 cm³/mol. The average Bonchev–Trinajstić information content (AvgIpc) is 3.11. The van der Waals surface area contributed by atoms with Crippen molar-refractivity contribution in [3.05, 3.63) is 24.3 Å². The molecule has 136 valence electrons. The average molecular weight is 343 g/mol. The van der Waals surface area contributed by atoms with E-state index in [0.717, 1.165) is 43.3 Å². The third-order valence-corrected chi connectivity index (χ3v) is 6.07. The third kappa shape index (κ3) is 3.40. The largest absolute Gasteiger partial charge is 0.495 e. The normalized spacial score (nSPS) is 30.4. The summed E-state index contributed by atoms with van der Waals surface area (Å²) in [6.45, 7) is 3.22. The van der Waals surface area contributed by atoms with Gasteiger partial charge in [0.05, 0.1) is 18.8 Å². The molecule has 25 heavy (non-hydrogen) atoms. The van der Waals surface area contributed by atoms with E-state index in [4.69, 9.17) is 4.74 Å². The number of para-hydroxylation sites is 2. The number of ether oxygens (including phenoxy) is 1. The molecular formula is C20H29N3O2. The Morgan fingerprint density at radius 2 is 1.92 bits per heavy atom. The van der Waals surface area contributed by atoms with E-state index in [1.165, 1.54) is 32.4 Å². The highest BCUT2D eigenvalue weighted by Crippen LogP contribution is 2.31. The van der Waals surface area contributed by atoms with E-state index in [2.05, 4.69) is 10.2 Å². The molecule has 3 aliphatic heterocycles. The Kier molecular flexibility index (Phi) is 4.95. The minimum absolute atomic E-state index is 0.0587. The van der Waals surface area contributed by atoms with Gasteiger partial charge < -0.3 is 19.9 Å². The van der Waals surface area contributed by atoms with Gasteiger partial charge in [-0.1, -0.05) is 12.1 Å². The van der Waals surface area contributed by atoms with Gasteiger partial charge in [0, 0.05) is 18.6 Å². The van der Waals surface area contributed by atoms with Crippen molar-refractivity contribution in [3.8, 4) is 5.75 Å². The first kappa shape index (κ1) is 16.9. The van der Waals surface area contributed by atoms with Crippen molar-refractivity contribution in [2.24, 2.45) is 0 Å². The predicted octanol–water partition coefficient (Wildman–Crippen LogP) is 2.41. The molecule has 3 aliphatic rings. The molecule has 1 N–H and O–H groups in total. The number of fused-ring (bicyclic) bond motifs is 1. The summed E-state index contributed by atoms with van der Waals surface area (Å²) in [6, 6.07) is 8.98. The van der Waals surface area contributed by atoms with Gasteiger partial charge in [-0.25, -0.2) is 0 Å². The van der Waals surface area contributed by atoms with Gasteiger partial charge in [0.1, 0.15) is 5.75 Å². The Balaban J connectivity index is 1.43. The van der Waals surface area contributed by atoms with Crippen LogP contribution in [0.3, 0.4) is 0 Å². The van der Waals surface area contributed by atoms with E-state index in [-0.39, 0.29) is 11.9 Å². The molecule has 3 saturated heterocycles. The van der Waals surface area contributed by atoms with Gasteiger partial charge in [0.2, 0.25) is 5.91 Å². The second-order valence-electron chi connectivity index (χ2n) is 7.58. The zero-order valence-corrected chi connectivity index (χ0v) is 15.1. The summed E-state index contributed by atoms with van der Waals surface area (Å²) < 4.78 is 5.46. The number of carbonyl (C=O) groups is 1. The van der Waals surface area contributed by atoms with Crippen LogP contribution in [0.25, 0.3) is 0 Å². The molecule has 0 spiro atoms. The first-order chi connectivity index (χ1) is 12.3. The van der Waals surface area contributed by atoms with E-state index in [1.54, 1.807) is 7.11 Å². The molecule has 3 heterocycles. The number of piperidine rings is 2. The number of nitrogens with zero attached hydrogens (tertiary/aromatic N) is 2. The molecule has 1 amide bonds. The topological polar surface area (TPSA) is 44.8 Å². The smallest absolute Gasteiger partial charge is 0.244 e. The van der Waals surface area contributed by atoms with Crippen LogP contribution in [0.4, 0.5) is 5.69 Å². The van der Waals surface area contributed by atoms with Crippen molar-refractivity contribution >= 4 is 11.6 Å². The standard InChI is InChI=1S/C20H29N3O2/c1-25-19-9-3-2-8-18(19)23-12-5-7-17(20(23)24)21-15-10-13-22-11-4-6-16(22)14-15/h2-3,8-9,15-17,21H,4-7,10-14H2,1H3. The van der Waals surface area contributed by atoms with Crippen LogP contribution in [0.1, 0.15) is 38.5 Å². The van der Waals surface area contributed by atoms with Crippen molar-refractivity contribution < 1.29 is 9.53 Å². The van der Waals surface area contributed by atoms with Crippen LogP contribution in [0.15, 0.2) is 24.3 Å². The van der Waals surface area contributed by atoms with Crippen molar-refractivity contribution in [1.29, 1.82) is 0 Å². The van der Waals surface area contributed by atoms with Gasteiger partial charge in [-0.3, -0.25) is 4.79 Å². The lowest BCUT2D eigenvalue weighted by Gasteiger charge is -2.39. The molecule has 0 aromatic heterocycles. The molecular weight excluding hydrogens is 314 g/mol. The SMILES string of the molecule is COc1ccccc1N1CCCC(NC2CCN3CCCC3C2)C1=O. The van der Waals surface area contributed by atoms with E-state index in [9.17, 15) is 4.79 Å². The third-order valence-electron chi connectivity index (χ3n) is 6.07. The lowest BCUT2D eigenvalue weighted by atomic mass is 9.95. The number of methoxy groups -OCH3 is 1. The molecule has 5 heteroatoms. The van der Waals surface area contributed by atoms with Gasteiger partial charge in [-0.2, -0.15) is 0 Å². The van der Waals surface area contributed by atoms with Crippen molar-refractivity contribution in [3.63, 3.8) is 0 Å². The van der Waals surface area contributed by atoms with E-state index >= 15 is 0 Å². The van der Waals surface area contributed by atoms with Crippen molar-refractivity contribution in [2.75, 3.05) is 31.6 Å². The molecule has 0 saturated carbocycles. The molecule has 1 aromatic rings. The van der Waals surface area contributed by atoms with Gasteiger partial charge in [0.15, 0.2) is 0 Å². The number of hydrogen-bond acceptors (Lipinski definition) is 4. The summed E-state index contributed by atoms with van der Waals surface area (Å²) >= 11 is 0. The maximum absolute atomic E-state index is 13.1. The molecule has 0 radical (unpaired) electrons. The minimum Gasteiger partial charge on any atom is -0.495 e. The summed E-state index contributed by atoms with van der Waals surface area (Å²) in [4.78, 5) is 17.6. The fraction of sp³-hybridized carbons (Fsp3) is 0.650. The van der Waals surface area contributed by atoms with Crippen LogP contribution in [0.2, 0.25) is 0 Å². The lowest BCUT2D eigenvalue weighted by Crippen LogP contribution is -2.56. The Bertz CT molecular complexity index is 621. The van der Waals surface area contributed by atoms with Crippen LogP contribution in [-0.4, -0.2) is 55.7 Å². The summed E-state index contributed by atoms with van der Waals surface area (Å²) in [5, 5.41) is 3.70. The van der Waals surface area contributed by atoms with Crippen molar-refractivity contribution in [1.82, 2.24) is 10.2 Å².